The van der Waals surface area contributed by atoms with Crippen LogP contribution in [-0.2, 0) is 6.42 Å². The van der Waals surface area contributed by atoms with E-state index in [0.29, 0.717) is 29.2 Å². The zero-order chi connectivity index (χ0) is 20.7. The molecule has 6 heteroatoms. The summed E-state index contributed by atoms with van der Waals surface area (Å²) in [6.45, 7) is 1.48. The highest BCUT2D eigenvalue weighted by atomic mass is 35.5. The van der Waals surface area contributed by atoms with E-state index in [1.807, 2.05) is 18.2 Å². The summed E-state index contributed by atoms with van der Waals surface area (Å²) in [7, 11) is 0. The van der Waals surface area contributed by atoms with Gasteiger partial charge in [-0.2, -0.15) is 0 Å². The number of aromatic nitrogens is 1. The molecular formula is C24H26ClN3O2. The van der Waals surface area contributed by atoms with Gasteiger partial charge in [-0.05, 0) is 73.9 Å². The number of carbonyl (C=O) groups excluding carboxylic acids is 2. The van der Waals surface area contributed by atoms with Crippen LogP contribution in [0.5, 0.6) is 0 Å². The molecule has 3 aliphatic rings. The van der Waals surface area contributed by atoms with Gasteiger partial charge in [-0.1, -0.05) is 24.4 Å². The molecule has 0 unspecified atom stereocenters. The van der Waals surface area contributed by atoms with Crippen LogP contribution < -0.4 is 4.90 Å². The number of carbonyl (C=O) groups is 2. The molecule has 0 spiro atoms. The van der Waals surface area contributed by atoms with Crippen LogP contribution in [0.4, 0.5) is 5.69 Å². The van der Waals surface area contributed by atoms with Crippen LogP contribution in [0.2, 0.25) is 5.15 Å². The first-order valence-corrected chi connectivity index (χ1v) is 11.4. The van der Waals surface area contributed by atoms with E-state index in [1.165, 1.54) is 31.9 Å². The lowest BCUT2D eigenvalue weighted by atomic mass is 9.78. The molecule has 156 valence electrons. The molecule has 1 aliphatic carbocycles. The molecule has 2 aromatic rings. The third-order valence-electron chi connectivity index (χ3n) is 6.95. The maximum Gasteiger partial charge on any atom is 0.259 e. The number of halogens is 1. The molecule has 2 fully saturated rings. The van der Waals surface area contributed by atoms with Gasteiger partial charge in [-0.3, -0.25) is 9.59 Å². The summed E-state index contributed by atoms with van der Waals surface area (Å²) in [5.41, 5.74) is 3.22. The predicted octanol–water partition coefficient (Wildman–Crippen LogP) is 4.73. The Balaban J connectivity index is 1.36. The average Bonchev–Trinajstić information content (AvgIpc) is 3.21. The number of rotatable bonds is 2. The number of nitrogens with zero attached hydrogens (tertiary/aromatic N) is 3. The smallest absolute Gasteiger partial charge is 0.259 e. The van der Waals surface area contributed by atoms with Crippen molar-refractivity contribution in [2.24, 2.45) is 5.92 Å². The van der Waals surface area contributed by atoms with Crippen molar-refractivity contribution in [3.63, 3.8) is 0 Å². The Morgan fingerprint density at radius 2 is 1.73 bits per heavy atom. The second-order valence-electron chi connectivity index (χ2n) is 8.67. The van der Waals surface area contributed by atoms with Gasteiger partial charge < -0.3 is 9.80 Å². The van der Waals surface area contributed by atoms with E-state index in [-0.39, 0.29) is 11.8 Å². The largest absolute Gasteiger partial charge is 0.335 e. The van der Waals surface area contributed by atoms with Gasteiger partial charge in [0.2, 0.25) is 0 Å². The fourth-order valence-corrected chi connectivity index (χ4v) is 5.56. The molecule has 2 aliphatic heterocycles. The average molecular weight is 424 g/mol. The highest BCUT2D eigenvalue weighted by Gasteiger charge is 2.36. The highest BCUT2D eigenvalue weighted by molar-refractivity contribution is 6.29. The lowest BCUT2D eigenvalue weighted by Crippen LogP contribution is -2.49. The molecule has 5 nitrogen and oxygen atoms in total. The summed E-state index contributed by atoms with van der Waals surface area (Å²) in [4.78, 5) is 34.2. The van der Waals surface area contributed by atoms with Crippen molar-refractivity contribution in [2.45, 2.75) is 51.0 Å². The van der Waals surface area contributed by atoms with Crippen LogP contribution in [0.3, 0.4) is 0 Å². The van der Waals surface area contributed by atoms with Crippen molar-refractivity contribution in [1.29, 1.82) is 0 Å². The quantitative estimate of drug-likeness (QED) is 0.656. The third-order valence-corrected chi connectivity index (χ3v) is 7.17. The van der Waals surface area contributed by atoms with Gasteiger partial charge in [0.15, 0.2) is 0 Å². The van der Waals surface area contributed by atoms with Crippen molar-refractivity contribution in [3.8, 4) is 0 Å². The topological polar surface area (TPSA) is 53.5 Å². The van der Waals surface area contributed by atoms with Crippen molar-refractivity contribution in [3.05, 3.63) is 58.4 Å². The molecule has 1 saturated heterocycles. The number of pyridine rings is 1. The highest BCUT2D eigenvalue weighted by Crippen LogP contribution is 2.37. The second-order valence-corrected chi connectivity index (χ2v) is 9.06. The minimum absolute atomic E-state index is 0.0851. The maximum absolute atomic E-state index is 13.3. The molecule has 2 amide bonds. The van der Waals surface area contributed by atoms with Gasteiger partial charge in [0.1, 0.15) is 5.15 Å². The van der Waals surface area contributed by atoms with E-state index < -0.39 is 0 Å². The fourth-order valence-electron chi connectivity index (χ4n) is 5.45. The van der Waals surface area contributed by atoms with E-state index >= 15 is 0 Å². The Kier molecular flexibility index (Phi) is 5.23. The zero-order valence-corrected chi connectivity index (χ0v) is 17.8. The van der Waals surface area contributed by atoms with E-state index in [1.54, 1.807) is 17.0 Å². The van der Waals surface area contributed by atoms with Gasteiger partial charge >= 0.3 is 0 Å². The number of hydrogen-bond acceptors (Lipinski definition) is 3. The maximum atomic E-state index is 13.3. The fraction of sp³-hybridized carbons (Fsp3) is 0.458. The molecule has 1 aromatic heterocycles. The van der Waals surface area contributed by atoms with E-state index in [9.17, 15) is 9.59 Å². The van der Waals surface area contributed by atoms with Crippen molar-refractivity contribution in [1.82, 2.24) is 9.88 Å². The number of hydrogen-bond donors (Lipinski definition) is 0. The Morgan fingerprint density at radius 3 is 2.57 bits per heavy atom. The van der Waals surface area contributed by atoms with E-state index in [2.05, 4.69) is 9.88 Å². The summed E-state index contributed by atoms with van der Waals surface area (Å²) in [6.07, 6.45) is 9.56. The van der Waals surface area contributed by atoms with Crippen LogP contribution in [0, 0.1) is 5.92 Å². The van der Waals surface area contributed by atoms with Crippen molar-refractivity contribution >= 4 is 29.1 Å². The molecule has 5 rings (SSSR count). The number of benzene rings is 1. The number of likely N-dealkylation sites (tertiary alicyclic amines) is 1. The Labute approximate surface area is 182 Å². The lowest BCUT2D eigenvalue weighted by molar-refractivity contribution is 0.0390. The van der Waals surface area contributed by atoms with Crippen LogP contribution in [0.1, 0.15) is 64.8 Å². The molecule has 30 heavy (non-hydrogen) atoms. The van der Waals surface area contributed by atoms with Gasteiger partial charge in [0.25, 0.3) is 11.8 Å². The lowest BCUT2D eigenvalue weighted by Gasteiger charge is -2.44. The minimum atomic E-state index is -0.0851. The van der Waals surface area contributed by atoms with E-state index in [4.69, 9.17) is 11.6 Å². The zero-order valence-electron chi connectivity index (χ0n) is 17.0. The Morgan fingerprint density at radius 1 is 0.933 bits per heavy atom. The molecule has 1 aromatic carbocycles. The first-order valence-electron chi connectivity index (χ1n) is 11.0. The minimum Gasteiger partial charge on any atom is -0.335 e. The summed E-state index contributed by atoms with van der Waals surface area (Å²) in [5, 5.41) is 0.370. The summed E-state index contributed by atoms with van der Waals surface area (Å²) in [6, 6.07) is 9.55. The molecular weight excluding hydrogens is 398 g/mol. The Hall–Kier alpha value is -2.40. The standard InChI is InChI=1S/C24H26ClN3O2/c25-22-10-8-19(15-26-22)24(30)28-13-11-17-14-18(7-9-21(17)28)23(29)27-12-3-5-16-4-1-2-6-20(16)27/h7-10,14-16,20H,1-6,11-13H2/t16-,20-/m1/s1. The molecule has 3 heterocycles. The normalized spacial score (nSPS) is 23.1. The number of anilines is 1. The van der Waals surface area contributed by atoms with Gasteiger partial charge in [-0.25, -0.2) is 4.98 Å². The van der Waals surface area contributed by atoms with Crippen LogP contribution in [-0.4, -0.2) is 40.8 Å². The molecule has 0 N–H and O–H groups in total. The third kappa shape index (κ3) is 3.49. The van der Waals surface area contributed by atoms with Gasteiger partial charge in [0.05, 0.1) is 5.56 Å². The van der Waals surface area contributed by atoms with Crippen LogP contribution in [0.15, 0.2) is 36.5 Å². The van der Waals surface area contributed by atoms with Crippen molar-refractivity contribution < 1.29 is 9.59 Å². The summed E-state index contributed by atoms with van der Waals surface area (Å²) >= 11 is 5.84. The van der Waals surface area contributed by atoms with E-state index in [0.717, 1.165) is 42.6 Å². The van der Waals surface area contributed by atoms with Gasteiger partial charge in [-0.15, -0.1) is 0 Å². The number of piperidine rings is 1. The SMILES string of the molecule is O=C(c1ccc(Cl)nc1)N1CCc2cc(C(=O)N3CCC[C@H]4CCCC[C@H]43)ccc21. The summed E-state index contributed by atoms with van der Waals surface area (Å²) < 4.78 is 0. The molecule has 2 atom stereocenters. The molecule has 0 radical (unpaired) electrons. The summed E-state index contributed by atoms with van der Waals surface area (Å²) in [5.74, 6) is 0.742. The molecule has 1 saturated carbocycles. The second kappa shape index (κ2) is 8.03. The monoisotopic (exact) mass is 423 g/mol. The first-order chi connectivity index (χ1) is 14.6. The first kappa shape index (κ1) is 19.6. The Bertz CT molecular complexity index is 973. The van der Waals surface area contributed by atoms with Crippen LogP contribution in [0.25, 0.3) is 0 Å². The van der Waals surface area contributed by atoms with Crippen molar-refractivity contribution in [2.75, 3.05) is 18.0 Å². The van der Waals surface area contributed by atoms with Gasteiger partial charge in [0, 0.05) is 36.6 Å². The predicted molar refractivity (Wildman–Crippen MR) is 117 cm³/mol. The van der Waals surface area contributed by atoms with Crippen LogP contribution >= 0.6 is 11.6 Å². The number of fused-ring (bicyclic) bond motifs is 2. The molecule has 0 bridgehead atoms. The number of amides is 2.